The minimum atomic E-state index is -0.0377. The molecule has 3 aromatic heterocycles. The van der Waals surface area contributed by atoms with Gasteiger partial charge >= 0.3 is 0 Å². The van der Waals surface area contributed by atoms with Crippen LogP contribution >= 0.6 is 0 Å². The normalized spacial score (nSPS) is 17.7. The Bertz CT molecular complexity index is 1230. The first-order chi connectivity index (χ1) is 13.0. The molecule has 1 unspecified atom stereocenters. The number of fused-ring (bicyclic) bond motifs is 4. The van der Waals surface area contributed by atoms with Gasteiger partial charge in [0.05, 0.1) is 17.4 Å². The molecule has 1 aliphatic heterocycles. The van der Waals surface area contributed by atoms with E-state index < -0.39 is 0 Å². The van der Waals surface area contributed by atoms with Gasteiger partial charge in [0.2, 0.25) is 5.78 Å². The second kappa shape index (κ2) is 5.79. The summed E-state index contributed by atoms with van der Waals surface area (Å²) in [4.78, 5) is 15.1. The largest absolute Gasteiger partial charge is 0.349 e. The Morgan fingerprint density at radius 3 is 2.89 bits per heavy atom. The summed E-state index contributed by atoms with van der Waals surface area (Å²) < 4.78 is 5.92. The van der Waals surface area contributed by atoms with Crippen LogP contribution in [0.1, 0.15) is 30.0 Å². The highest BCUT2D eigenvalue weighted by Gasteiger charge is 2.25. The summed E-state index contributed by atoms with van der Waals surface area (Å²) in [5.74, 6) is 1.45. The first-order valence-electron chi connectivity index (χ1n) is 9.27. The van der Waals surface area contributed by atoms with Crippen LogP contribution in [-0.2, 0) is 20.1 Å². The highest BCUT2D eigenvalue weighted by Crippen LogP contribution is 2.27. The van der Waals surface area contributed by atoms with Crippen molar-refractivity contribution < 1.29 is 0 Å². The number of nitrogens with zero attached hydrogens (tertiary/aromatic N) is 6. The van der Waals surface area contributed by atoms with E-state index in [2.05, 4.69) is 44.9 Å². The van der Waals surface area contributed by atoms with E-state index in [0.29, 0.717) is 23.8 Å². The maximum absolute atomic E-state index is 12.7. The molecular formula is C20H22N6O. The first-order valence-corrected chi connectivity index (χ1v) is 9.27. The Kier molecular flexibility index (Phi) is 3.48. The van der Waals surface area contributed by atoms with Gasteiger partial charge < -0.3 is 4.57 Å². The predicted molar refractivity (Wildman–Crippen MR) is 104 cm³/mol. The van der Waals surface area contributed by atoms with Crippen molar-refractivity contribution in [2.45, 2.75) is 33.0 Å². The van der Waals surface area contributed by atoms with Crippen molar-refractivity contribution in [1.29, 1.82) is 0 Å². The van der Waals surface area contributed by atoms with Crippen molar-refractivity contribution in [3.63, 3.8) is 0 Å². The fourth-order valence-corrected chi connectivity index (χ4v) is 4.19. The lowest BCUT2D eigenvalue weighted by molar-refractivity contribution is 0.156. The Morgan fingerprint density at radius 1 is 1.19 bits per heavy atom. The standard InChI is InChI=1S/C20H22N6O/c1-13-6-7-17-15(11-13)19(27)23(3)20-22-21-18(26(17)20)12-25-10-9-24-8-4-5-16(24)14(25)2/h4-8,11,14H,9-10,12H2,1-3H3. The molecule has 7 nitrogen and oxygen atoms in total. The number of hydrogen-bond donors (Lipinski definition) is 0. The van der Waals surface area contributed by atoms with Crippen LogP contribution in [0.5, 0.6) is 0 Å². The fraction of sp³-hybridized carbons (Fsp3) is 0.350. The van der Waals surface area contributed by atoms with E-state index in [-0.39, 0.29) is 5.56 Å². The number of rotatable bonds is 2. The molecule has 0 radical (unpaired) electrons. The smallest absolute Gasteiger partial charge is 0.262 e. The molecule has 7 heteroatoms. The van der Waals surface area contributed by atoms with Crippen molar-refractivity contribution in [2.24, 2.45) is 7.05 Å². The van der Waals surface area contributed by atoms with Crippen molar-refractivity contribution in [3.8, 4) is 0 Å². The van der Waals surface area contributed by atoms with Gasteiger partial charge in [0.1, 0.15) is 0 Å². The van der Waals surface area contributed by atoms with Gasteiger partial charge in [0, 0.05) is 38.1 Å². The third kappa shape index (κ3) is 2.35. The van der Waals surface area contributed by atoms with E-state index in [1.165, 1.54) is 5.69 Å². The van der Waals surface area contributed by atoms with Crippen LogP contribution in [0.4, 0.5) is 0 Å². The fourth-order valence-electron chi connectivity index (χ4n) is 4.19. The summed E-state index contributed by atoms with van der Waals surface area (Å²) in [5.41, 5.74) is 3.22. The molecule has 27 heavy (non-hydrogen) atoms. The quantitative estimate of drug-likeness (QED) is 0.549. The zero-order chi connectivity index (χ0) is 18.7. The van der Waals surface area contributed by atoms with Crippen LogP contribution in [-0.4, -0.2) is 35.2 Å². The van der Waals surface area contributed by atoms with Gasteiger partial charge in [-0.15, -0.1) is 10.2 Å². The molecule has 0 N–H and O–H groups in total. The Morgan fingerprint density at radius 2 is 2.04 bits per heavy atom. The maximum Gasteiger partial charge on any atom is 0.262 e. The maximum atomic E-state index is 12.7. The van der Waals surface area contributed by atoms with Crippen molar-refractivity contribution >= 4 is 16.7 Å². The van der Waals surface area contributed by atoms with E-state index in [1.54, 1.807) is 11.6 Å². The zero-order valence-electron chi connectivity index (χ0n) is 15.8. The van der Waals surface area contributed by atoms with Crippen molar-refractivity contribution in [1.82, 2.24) is 28.6 Å². The Hall–Kier alpha value is -2.93. The summed E-state index contributed by atoms with van der Waals surface area (Å²) in [6, 6.07) is 10.6. The van der Waals surface area contributed by atoms with Crippen LogP contribution in [0.15, 0.2) is 41.3 Å². The molecule has 5 rings (SSSR count). The van der Waals surface area contributed by atoms with Gasteiger partial charge in [-0.25, -0.2) is 0 Å². The minimum Gasteiger partial charge on any atom is -0.349 e. The lowest BCUT2D eigenvalue weighted by atomic mass is 10.1. The van der Waals surface area contributed by atoms with E-state index >= 15 is 0 Å². The molecule has 1 atom stereocenters. The molecule has 0 aliphatic carbocycles. The van der Waals surface area contributed by atoms with Gasteiger partial charge in [0.15, 0.2) is 5.82 Å². The van der Waals surface area contributed by atoms with E-state index in [4.69, 9.17) is 0 Å². The average Bonchev–Trinajstić information content (AvgIpc) is 3.30. The first kappa shape index (κ1) is 16.3. The summed E-state index contributed by atoms with van der Waals surface area (Å²) in [7, 11) is 1.76. The summed E-state index contributed by atoms with van der Waals surface area (Å²) in [6.45, 7) is 6.85. The number of hydrogen-bond acceptors (Lipinski definition) is 4. The van der Waals surface area contributed by atoms with Gasteiger partial charge in [-0.1, -0.05) is 11.6 Å². The van der Waals surface area contributed by atoms with Gasteiger partial charge in [0.25, 0.3) is 5.56 Å². The summed E-state index contributed by atoms with van der Waals surface area (Å²) in [6.07, 6.45) is 2.14. The van der Waals surface area contributed by atoms with Gasteiger partial charge in [-0.3, -0.25) is 18.7 Å². The van der Waals surface area contributed by atoms with Crippen LogP contribution in [0, 0.1) is 6.92 Å². The van der Waals surface area contributed by atoms with Gasteiger partial charge in [-0.05, 0) is 38.1 Å². The lowest BCUT2D eigenvalue weighted by Gasteiger charge is -2.34. The van der Waals surface area contributed by atoms with E-state index in [9.17, 15) is 4.79 Å². The van der Waals surface area contributed by atoms with Crippen molar-refractivity contribution in [3.05, 3.63) is 64.0 Å². The molecule has 1 aromatic carbocycles. The van der Waals surface area contributed by atoms with Crippen molar-refractivity contribution in [2.75, 3.05) is 6.54 Å². The number of aromatic nitrogens is 5. The number of aryl methyl sites for hydroxylation is 2. The topological polar surface area (TPSA) is 60.4 Å². The molecule has 0 spiro atoms. The third-order valence-electron chi connectivity index (χ3n) is 5.75. The summed E-state index contributed by atoms with van der Waals surface area (Å²) >= 11 is 0. The molecule has 0 saturated carbocycles. The second-order valence-corrected chi connectivity index (χ2v) is 7.41. The van der Waals surface area contributed by atoms with Crippen LogP contribution in [0.25, 0.3) is 16.7 Å². The van der Waals surface area contributed by atoms with Crippen LogP contribution in [0.2, 0.25) is 0 Å². The molecule has 1 aliphatic rings. The molecule has 0 bridgehead atoms. The highest BCUT2D eigenvalue weighted by molar-refractivity contribution is 5.81. The summed E-state index contributed by atoms with van der Waals surface area (Å²) in [5, 5.41) is 9.47. The molecular weight excluding hydrogens is 340 g/mol. The third-order valence-corrected chi connectivity index (χ3v) is 5.75. The van der Waals surface area contributed by atoms with E-state index in [0.717, 1.165) is 30.0 Å². The minimum absolute atomic E-state index is 0.0377. The lowest BCUT2D eigenvalue weighted by Crippen LogP contribution is -2.36. The Balaban J connectivity index is 1.65. The molecule has 0 saturated heterocycles. The molecule has 0 amide bonds. The highest BCUT2D eigenvalue weighted by atomic mass is 16.1. The van der Waals surface area contributed by atoms with E-state index in [1.807, 2.05) is 29.5 Å². The van der Waals surface area contributed by atoms with Crippen LogP contribution < -0.4 is 5.56 Å². The molecule has 4 heterocycles. The molecule has 4 aromatic rings. The predicted octanol–water partition coefficient (Wildman–Crippen LogP) is 2.27. The SMILES string of the molecule is Cc1ccc2c(c1)c(=O)n(C)c1nnc(CN3CCn4cccc4C3C)n21. The Labute approximate surface area is 156 Å². The zero-order valence-corrected chi connectivity index (χ0v) is 15.8. The number of benzene rings is 1. The average molecular weight is 362 g/mol. The second-order valence-electron chi connectivity index (χ2n) is 7.41. The van der Waals surface area contributed by atoms with Crippen LogP contribution in [0.3, 0.4) is 0 Å². The monoisotopic (exact) mass is 362 g/mol. The molecule has 138 valence electrons. The molecule has 0 fully saturated rings. The van der Waals surface area contributed by atoms with Gasteiger partial charge in [-0.2, -0.15) is 0 Å².